The van der Waals surface area contributed by atoms with Crippen LogP contribution in [0.4, 0.5) is 5.69 Å². The molecular weight excluding hydrogens is 392 g/mol. The third kappa shape index (κ3) is 4.66. The van der Waals surface area contributed by atoms with Gasteiger partial charge in [-0.05, 0) is 74.4 Å². The average molecular weight is 416 g/mol. The highest BCUT2D eigenvalue weighted by molar-refractivity contribution is 5.95. The lowest BCUT2D eigenvalue weighted by Crippen LogP contribution is -2.20. The normalized spacial score (nSPS) is 10.8. The smallest absolute Gasteiger partial charge is 0.262 e. The van der Waals surface area contributed by atoms with E-state index in [0.717, 1.165) is 28.1 Å². The van der Waals surface area contributed by atoms with Gasteiger partial charge in [0.1, 0.15) is 22.5 Å². The molecule has 1 heterocycles. The Kier molecular flexibility index (Phi) is 5.84. The molecule has 0 aliphatic carbocycles. The molecule has 0 radical (unpaired) electrons. The number of hydrogen-bond donors (Lipinski definition) is 1. The molecule has 0 atom stereocenters. The SMILES string of the molecule is CCOc1ccc(-n2nc3cc(C)c(NC(=O)COc4ccccc4C)cc3n2)cc1. The van der Waals surface area contributed by atoms with Gasteiger partial charge in [0.05, 0.1) is 12.3 Å². The van der Waals surface area contributed by atoms with E-state index in [1.807, 2.05) is 81.4 Å². The van der Waals surface area contributed by atoms with Gasteiger partial charge in [-0.3, -0.25) is 4.79 Å². The lowest BCUT2D eigenvalue weighted by molar-refractivity contribution is -0.118. The molecular formula is C24H24N4O3. The van der Waals surface area contributed by atoms with Crippen LogP contribution in [-0.2, 0) is 4.79 Å². The summed E-state index contributed by atoms with van der Waals surface area (Å²) in [6.07, 6.45) is 0. The molecule has 158 valence electrons. The predicted molar refractivity (Wildman–Crippen MR) is 120 cm³/mol. The molecule has 0 fully saturated rings. The van der Waals surface area contributed by atoms with Crippen LogP contribution in [0.2, 0.25) is 0 Å². The zero-order chi connectivity index (χ0) is 21.8. The summed E-state index contributed by atoms with van der Waals surface area (Å²) in [7, 11) is 0. The van der Waals surface area contributed by atoms with E-state index in [-0.39, 0.29) is 12.5 Å². The topological polar surface area (TPSA) is 78.3 Å². The first kappa shape index (κ1) is 20.4. The van der Waals surface area contributed by atoms with Gasteiger partial charge in [0.2, 0.25) is 0 Å². The highest BCUT2D eigenvalue weighted by atomic mass is 16.5. The molecule has 3 aromatic carbocycles. The number of fused-ring (bicyclic) bond motifs is 1. The minimum Gasteiger partial charge on any atom is -0.494 e. The van der Waals surface area contributed by atoms with Crippen molar-refractivity contribution in [1.29, 1.82) is 0 Å². The number of rotatable bonds is 7. The number of ether oxygens (including phenoxy) is 2. The van der Waals surface area contributed by atoms with Crippen LogP contribution in [0.25, 0.3) is 16.7 Å². The molecule has 4 rings (SSSR count). The largest absolute Gasteiger partial charge is 0.494 e. The molecule has 7 heteroatoms. The fourth-order valence-corrected chi connectivity index (χ4v) is 3.21. The number of para-hydroxylation sites is 1. The van der Waals surface area contributed by atoms with Crippen LogP contribution in [0, 0.1) is 13.8 Å². The molecule has 0 bridgehead atoms. The summed E-state index contributed by atoms with van der Waals surface area (Å²) < 4.78 is 11.1. The lowest BCUT2D eigenvalue weighted by atomic mass is 10.1. The van der Waals surface area contributed by atoms with Crippen molar-refractivity contribution in [3.05, 3.63) is 71.8 Å². The summed E-state index contributed by atoms with van der Waals surface area (Å²) in [5.41, 5.74) is 4.84. The highest BCUT2D eigenvalue weighted by Gasteiger charge is 2.12. The number of aryl methyl sites for hydroxylation is 2. The van der Waals surface area contributed by atoms with Crippen LogP contribution < -0.4 is 14.8 Å². The van der Waals surface area contributed by atoms with Gasteiger partial charge in [-0.25, -0.2) is 0 Å². The van der Waals surface area contributed by atoms with E-state index < -0.39 is 0 Å². The zero-order valence-electron chi connectivity index (χ0n) is 17.8. The van der Waals surface area contributed by atoms with Crippen LogP contribution in [0.1, 0.15) is 18.1 Å². The molecule has 31 heavy (non-hydrogen) atoms. The Hall–Kier alpha value is -3.87. The number of anilines is 1. The van der Waals surface area contributed by atoms with Crippen molar-refractivity contribution in [2.24, 2.45) is 0 Å². The maximum atomic E-state index is 12.4. The molecule has 0 saturated carbocycles. The molecule has 0 saturated heterocycles. The Balaban J connectivity index is 1.49. The predicted octanol–water partition coefficient (Wildman–Crippen LogP) is 4.45. The fraction of sp³-hybridized carbons (Fsp3) is 0.208. The fourth-order valence-electron chi connectivity index (χ4n) is 3.21. The first-order valence-corrected chi connectivity index (χ1v) is 10.1. The number of amides is 1. The number of hydrogen-bond acceptors (Lipinski definition) is 5. The summed E-state index contributed by atoms with van der Waals surface area (Å²) in [5, 5.41) is 12.0. The summed E-state index contributed by atoms with van der Waals surface area (Å²) >= 11 is 0. The molecule has 0 spiro atoms. The Bertz CT molecular complexity index is 1220. The van der Waals surface area contributed by atoms with E-state index in [0.29, 0.717) is 23.6 Å². The Morgan fingerprint density at radius 2 is 1.65 bits per heavy atom. The van der Waals surface area contributed by atoms with Crippen LogP contribution in [0.3, 0.4) is 0 Å². The third-order valence-electron chi connectivity index (χ3n) is 4.83. The number of benzene rings is 3. The van der Waals surface area contributed by atoms with Gasteiger partial charge in [0.25, 0.3) is 5.91 Å². The van der Waals surface area contributed by atoms with Crippen molar-refractivity contribution >= 4 is 22.6 Å². The number of carbonyl (C=O) groups excluding carboxylic acids is 1. The lowest BCUT2D eigenvalue weighted by Gasteiger charge is -2.10. The number of carbonyl (C=O) groups is 1. The van der Waals surface area contributed by atoms with Crippen LogP contribution in [0.5, 0.6) is 11.5 Å². The minimum atomic E-state index is -0.232. The van der Waals surface area contributed by atoms with E-state index in [2.05, 4.69) is 15.5 Å². The second kappa shape index (κ2) is 8.87. The molecule has 1 N–H and O–H groups in total. The number of nitrogens with zero attached hydrogens (tertiary/aromatic N) is 3. The second-order valence-corrected chi connectivity index (χ2v) is 7.17. The van der Waals surface area contributed by atoms with Gasteiger partial charge in [0.15, 0.2) is 6.61 Å². The molecule has 1 amide bonds. The Labute approximate surface area is 180 Å². The van der Waals surface area contributed by atoms with Crippen molar-refractivity contribution in [3.8, 4) is 17.2 Å². The van der Waals surface area contributed by atoms with Gasteiger partial charge in [-0.15, -0.1) is 10.2 Å². The van der Waals surface area contributed by atoms with Crippen LogP contribution >= 0.6 is 0 Å². The average Bonchev–Trinajstić information content (AvgIpc) is 3.17. The van der Waals surface area contributed by atoms with Crippen molar-refractivity contribution < 1.29 is 14.3 Å². The van der Waals surface area contributed by atoms with Crippen molar-refractivity contribution in [1.82, 2.24) is 15.0 Å². The van der Waals surface area contributed by atoms with Gasteiger partial charge >= 0.3 is 0 Å². The number of nitrogens with one attached hydrogen (secondary N) is 1. The zero-order valence-corrected chi connectivity index (χ0v) is 17.8. The van der Waals surface area contributed by atoms with Crippen molar-refractivity contribution in [3.63, 3.8) is 0 Å². The Morgan fingerprint density at radius 1 is 0.935 bits per heavy atom. The number of aromatic nitrogens is 3. The first-order chi connectivity index (χ1) is 15.0. The van der Waals surface area contributed by atoms with E-state index in [1.54, 1.807) is 4.80 Å². The summed E-state index contributed by atoms with van der Waals surface area (Å²) in [4.78, 5) is 14.0. The minimum absolute atomic E-state index is 0.0683. The molecule has 1 aromatic heterocycles. The molecule has 0 unspecified atom stereocenters. The van der Waals surface area contributed by atoms with Crippen LogP contribution in [-0.4, -0.2) is 34.1 Å². The molecule has 0 aliphatic rings. The van der Waals surface area contributed by atoms with E-state index in [1.165, 1.54) is 0 Å². The van der Waals surface area contributed by atoms with Gasteiger partial charge in [0, 0.05) is 5.69 Å². The molecule has 7 nitrogen and oxygen atoms in total. The second-order valence-electron chi connectivity index (χ2n) is 7.17. The summed E-state index contributed by atoms with van der Waals surface area (Å²) in [6.45, 7) is 6.36. The van der Waals surface area contributed by atoms with Gasteiger partial charge in [-0.1, -0.05) is 18.2 Å². The standard InChI is InChI=1S/C24H24N4O3/c1-4-30-19-11-9-18(10-12-19)28-26-21-13-17(3)20(14-22(21)27-28)25-24(29)15-31-23-8-6-5-7-16(23)2/h5-14H,4,15H2,1-3H3,(H,25,29). The third-order valence-corrected chi connectivity index (χ3v) is 4.83. The molecule has 4 aromatic rings. The van der Waals surface area contributed by atoms with Crippen LogP contribution in [0.15, 0.2) is 60.7 Å². The van der Waals surface area contributed by atoms with E-state index in [9.17, 15) is 4.79 Å². The van der Waals surface area contributed by atoms with Crippen molar-refractivity contribution in [2.75, 3.05) is 18.5 Å². The van der Waals surface area contributed by atoms with Gasteiger partial charge < -0.3 is 14.8 Å². The van der Waals surface area contributed by atoms with E-state index in [4.69, 9.17) is 9.47 Å². The monoisotopic (exact) mass is 416 g/mol. The summed E-state index contributed by atoms with van der Waals surface area (Å²) in [6, 6.07) is 18.9. The summed E-state index contributed by atoms with van der Waals surface area (Å²) in [5.74, 6) is 1.27. The van der Waals surface area contributed by atoms with Gasteiger partial charge in [-0.2, -0.15) is 4.80 Å². The highest BCUT2D eigenvalue weighted by Crippen LogP contribution is 2.23. The maximum Gasteiger partial charge on any atom is 0.262 e. The Morgan fingerprint density at radius 3 is 2.35 bits per heavy atom. The van der Waals surface area contributed by atoms with E-state index >= 15 is 0 Å². The quantitative estimate of drug-likeness (QED) is 0.481. The molecule has 0 aliphatic heterocycles. The van der Waals surface area contributed by atoms with Crippen molar-refractivity contribution in [2.45, 2.75) is 20.8 Å². The first-order valence-electron chi connectivity index (χ1n) is 10.1. The maximum absolute atomic E-state index is 12.4.